The van der Waals surface area contributed by atoms with Crippen LogP contribution in [0.3, 0.4) is 0 Å². The van der Waals surface area contributed by atoms with Gasteiger partial charge in [0, 0.05) is 5.41 Å². The first-order chi connectivity index (χ1) is 11.5. The van der Waals surface area contributed by atoms with Crippen molar-refractivity contribution in [2.24, 2.45) is 0 Å². The average Bonchev–Trinajstić information content (AvgIpc) is 3.12. The minimum Gasteiger partial charge on any atom is -0.370 e. The van der Waals surface area contributed by atoms with Crippen LogP contribution in [-0.2, 0) is 16.7 Å². The summed E-state index contributed by atoms with van der Waals surface area (Å²) in [5.74, 6) is 1.19. The van der Waals surface area contributed by atoms with Gasteiger partial charge in [0.1, 0.15) is 49.1 Å². The fourth-order valence-corrected chi connectivity index (χ4v) is 3.58. The number of nitrogens with one attached hydrogen (secondary N) is 2. The smallest absolute Gasteiger partial charge is 0.368 e. The Balaban J connectivity index is 1.74. The molecule has 1 aromatic carbocycles. The molecule has 1 saturated heterocycles. The Morgan fingerprint density at radius 2 is 1.96 bits per heavy atom. The second-order valence-corrected chi connectivity index (χ2v) is 7.86. The Hall–Kier alpha value is -1.85. The van der Waals surface area contributed by atoms with Crippen molar-refractivity contribution in [3.8, 4) is 0 Å². The summed E-state index contributed by atoms with van der Waals surface area (Å²) in [6.45, 7) is 12.9. The van der Waals surface area contributed by atoms with Crippen LogP contribution < -0.4 is 9.47 Å². The molecule has 0 spiro atoms. The number of quaternary nitrogens is 1. The van der Waals surface area contributed by atoms with E-state index in [4.69, 9.17) is 4.74 Å². The lowest BCUT2D eigenvalue weighted by atomic mass is 9.93. The Morgan fingerprint density at radius 1 is 1.21 bits per heavy atom. The molecule has 24 heavy (non-hydrogen) atoms. The summed E-state index contributed by atoms with van der Waals surface area (Å²) in [5.41, 5.74) is 3.97. The first-order valence-corrected chi connectivity index (χ1v) is 8.97. The van der Waals surface area contributed by atoms with Crippen molar-refractivity contribution < 1.29 is 14.2 Å². The van der Waals surface area contributed by atoms with Crippen LogP contribution in [-0.4, -0.2) is 42.2 Å². The van der Waals surface area contributed by atoms with Gasteiger partial charge in [-0.05, 0) is 12.1 Å². The lowest BCUT2D eigenvalue weighted by molar-refractivity contribution is -0.923. The summed E-state index contributed by atoms with van der Waals surface area (Å²) in [4.78, 5) is 5.31. The monoisotopic (exact) mass is 328 g/mol. The highest BCUT2D eigenvalue weighted by molar-refractivity contribution is 5.75. The first kappa shape index (κ1) is 15.7. The molecule has 0 aliphatic carbocycles. The highest BCUT2D eigenvalue weighted by Gasteiger charge is 2.26. The number of benzene rings is 1. The van der Waals surface area contributed by atoms with Crippen molar-refractivity contribution in [2.45, 2.75) is 32.7 Å². The third kappa shape index (κ3) is 2.72. The minimum absolute atomic E-state index is 0.118. The molecule has 0 saturated carbocycles. The Morgan fingerprint density at radius 3 is 2.71 bits per heavy atom. The van der Waals surface area contributed by atoms with E-state index in [0.717, 1.165) is 39.4 Å². The summed E-state index contributed by atoms with van der Waals surface area (Å²) in [7, 11) is 0. The van der Waals surface area contributed by atoms with Gasteiger partial charge in [0.05, 0.1) is 13.2 Å². The molecule has 5 nitrogen and oxygen atoms in total. The molecular formula is C19H28N4O+2. The van der Waals surface area contributed by atoms with Gasteiger partial charge in [0.2, 0.25) is 0 Å². The fourth-order valence-electron chi connectivity index (χ4n) is 3.58. The molecular weight excluding hydrogens is 300 g/mol. The number of H-pyrrole nitrogens is 1. The van der Waals surface area contributed by atoms with Crippen molar-refractivity contribution in [2.75, 3.05) is 32.8 Å². The molecule has 4 rings (SSSR count). The summed E-state index contributed by atoms with van der Waals surface area (Å²) < 4.78 is 10.2. The molecule has 0 unspecified atom stereocenters. The minimum atomic E-state index is 0.118. The van der Waals surface area contributed by atoms with Crippen LogP contribution >= 0.6 is 0 Å². The maximum absolute atomic E-state index is 5.48. The number of hydrogen-bond donors (Lipinski definition) is 2. The Bertz CT molecular complexity index is 849. The van der Waals surface area contributed by atoms with E-state index in [2.05, 4.69) is 65.2 Å². The predicted octanol–water partition coefficient (Wildman–Crippen LogP) is 0.921. The molecule has 128 valence electrons. The first-order valence-electron chi connectivity index (χ1n) is 8.97. The number of nitrogens with zero attached hydrogens (tertiary/aromatic N) is 2. The zero-order valence-electron chi connectivity index (χ0n) is 14.9. The van der Waals surface area contributed by atoms with E-state index in [9.17, 15) is 0 Å². The molecule has 3 aromatic rings. The van der Waals surface area contributed by atoms with Gasteiger partial charge in [0.15, 0.2) is 0 Å². The standard InChI is InChI=1S/C19H26N4O/c1-19(2,3)17-14-23-16-7-5-4-6-15(16)22(18(23)20-17)9-8-21-10-12-24-13-11-21/h4-7,14H,8-13H2,1-3H3/p+2. The van der Waals surface area contributed by atoms with E-state index in [-0.39, 0.29) is 5.41 Å². The highest BCUT2D eigenvalue weighted by atomic mass is 16.5. The molecule has 0 atom stereocenters. The molecule has 2 N–H and O–H groups in total. The lowest BCUT2D eigenvalue weighted by Crippen LogP contribution is -3.14. The van der Waals surface area contributed by atoms with Crippen LogP contribution in [0.15, 0.2) is 30.5 Å². The van der Waals surface area contributed by atoms with Gasteiger partial charge < -0.3 is 9.64 Å². The summed E-state index contributed by atoms with van der Waals surface area (Å²) in [5, 5.41) is 0. The quantitative estimate of drug-likeness (QED) is 0.690. The van der Waals surface area contributed by atoms with E-state index < -0.39 is 0 Å². The van der Waals surface area contributed by atoms with Gasteiger partial charge in [0.25, 0.3) is 0 Å². The number of aromatic nitrogens is 3. The summed E-state index contributed by atoms with van der Waals surface area (Å²) in [6.07, 6.45) is 2.26. The highest BCUT2D eigenvalue weighted by Crippen LogP contribution is 2.23. The average molecular weight is 328 g/mol. The molecule has 2 aromatic heterocycles. The SMILES string of the molecule is CC(C)(C)c1cn2c3ccccc3[n+](CC[NH+]3CCOCC3)c2[nH]1. The van der Waals surface area contributed by atoms with E-state index in [1.165, 1.54) is 22.5 Å². The van der Waals surface area contributed by atoms with Crippen LogP contribution in [0.4, 0.5) is 0 Å². The topological polar surface area (TPSA) is 37.8 Å². The second-order valence-electron chi connectivity index (χ2n) is 7.86. The number of fused-ring (bicyclic) bond motifs is 3. The summed E-state index contributed by atoms with van der Waals surface area (Å²) >= 11 is 0. The maximum atomic E-state index is 5.48. The van der Waals surface area contributed by atoms with Crippen molar-refractivity contribution in [1.29, 1.82) is 0 Å². The number of imidazole rings is 2. The third-order valence-electron chi connectivity index (χ3n) is 5.12. The third-order valence-corrected chi connectivity index (χ3v) is 5.12. The Kier molecular flexibility index (Phi) is 3.85. The number of rotatable bonds is 3. The van der Waals surface area contributed by atoms with Crippen LogP contribution in [0.2, 0.25) is 0 Å². The molecule has 3 heterocycles. The van der Waals surface area contributed by atoms with Crippen molar-refractivity contribution in [3.63, 3.8) is 0 Å². The van der Waals surface area contributed by atoms with Gasteiger partial charge in [-0.15, -0.1) is 0 Å². The number of ether oxygens (including phenoxy) is 1. The zero-order chi connectivity index (χ0) is 16.7. The number of hydrogen-bond acceptors (Lipinski definition) is 1. The maximum Gasteiger partial charge on any atom is 0.368 e. The van der Waals surface area contributed by atoms with Gasteiger partial charge in [-0.2, -0.15) is 4.40 Å². The number of para-hydroxylation sites is 2. The van der Waals surface area contributed by atoms with Crippen molar-refractivity contribution in [3.05, 3.63) is 36.2 Å². The second kappa shape index (κ2) is 5.90. The van der Waals surface area contributed by atoms with Crippen LogP contribution in [0.1, 0.15) is 26.5 Å². The molecule has 1 fully saturated rings. The molecule has 0 amide bonds. The molecule has 1 aliphatic rings. The lowest BCUT2D eigenvalue weighted by Gasteiger charge is -2.23. The summed E-state index contributed by atoms with van der Waals surface area (Å²) in [6, 6.07) is 8.68. The Labute approximate surface area is 142 Å². The van der Waals surface area contributed by atoms with Gasteiger partial charge in [-0.1, -0.05) is 32.9 Å². The van der Waals surface area contributed by atoms with E-state index >= 15 is 0 Å². The zero-order valence-corrected chi connectivity index (χ0v) is 14.9. The van der Waals surface area contributed by atoms with Crippen molar-refractivity contribution >= 4 is 16.8 Å². The van der Waals surface area contributed by atoms with Gasteiger partial charge in [-0.3, -0.25) is 0 Å². The van der Waals surface area contributed by atoms with Crippen LogP contribution in [0.25, 0.3) is 16.8 Å². The molecule has 0 radical (unpaired) electrons. The van der Waals surface area contributed by atoms with E-state index in [0.29, 0.717) is 0 Å². The normalized spacial score (nSPS) is 17.1. The van der Waals surface area contributed by atoms with Crippen LogP contribution in [0.5, 0.6) is 0 Å². The van der Waals surface area contributed by atoms with Crippen LogP contribution in [0, 0.1) is 0 Å². The van der Waals surface area contributed by atoms with E-state index in [1.807, 2.05) is 0 Å². The van der Waals surface area contributed by atoms with Gasteiger partial charge >= 0.3 is 5.78 Å². The number of aromatic amines is 1. The molecule has 5 heteroatoms. The van der Waals surface area contributed by atoms with Gasteiger partial charge in [-0.25, -0.2) is 9.55 Å². The van der Waals surface area contributed by atoms with Crippen molar-refractivity contribution in [1.82, 2.24) is 9.38 Å². The fraction of sp³-hybridized carbons (Fsp3) is 0.526. The molecule has 1 aliphatic heterocycles. The predicted molar refractivity (Wildman–Crippen MR) is 94.5 cm³/mol. The largest absolute Gasteiger partial charge is 0.370 e. The molecule has 0 bridgehead atoms. The number of morpholine rings is 1. The van der Waals surface area contributed by atoms with E-state index in [1.54, 1.807) is 4.90 Å².